The minimum absolute atomic E-state index is 0.238. The van der Waals surface area contributed by atoms with Gasteiger partial charge in [-0.1, -0.05) is 47.5 Å². The highest BCUT2D eigenvalue weighted by molar-refractivity contribution is 6.38. The van der Waals surface area contributed by atoms with Crippen molar-refractivity contribution < 1.29 is 18.0 Å². The van der Waals surface area contributed by atoms with Crippen molar-refractivity contribution in [1.29, 1.82) is 0 Å². The largest absolute Gasteiger partial charge is 0.417 e. The number of hydrogen-bond acceptors (Lipinski definition) is 5. The fourth-order valence-corrected chi connectivity index (χ4v) is 2.81. The van der Waals surface area contributed by atoms with Crippen LogP contribution in [0.2, 0.25) is 10.0 Å². The normalized spacial score (nSPS) is 11.8. The first-order chi connectivity index (χ1) is 13.8. The zero-order chi connectivity index (χ0) is 21.0. The second kappa shape index (κ2) is 8.58. The molecule has 7 nitrogen and oxygen atoms in total. The average molecular weight is 443 g/mol. The van der Waals surface area contributed by atoms with Crippen LogP contribution in [0.1, 0.15) is 11.1 Å². The van der Waals surface area contributed by atoms with E-state index in [1.807, 2.05) is 0 Å². The monoisotopic (exact) mass is 442 g/mol. The van der Waals surface area contributed by atoms with Crippen molar-refractivity contribution in [3.8, 4) is 11.4 Å². The minimum Gasteiger partial charge on any atom is -0.271 e. The summed E-state index contributed by atoms with van der Waals surface area (Å²) in [6, 6.07) is 9.69. The summed E-state index contributed by atoms with van der Waals surface area (Å²) in [7, 11) is 0. The van der Waals surface area contributed by atoms with E-state index in [2.05, 4.69) is 25.9 Å². The molecule has 0 radical (unpaired) electrons. The smallest absolute Gasteiger partial charge is 0.271 e. The summed E-state index contributed by atoms with van der Waals surface area (Å²) in [4.78, 5) is 12.8. The summed E-state index contributed by atoms with van der Waals surface area (Å²) in [5.41, 5.74) is 1.51. The Balaban J connectivity index is 1.68. The fourth-order valence-electron chi connectivity index (χ4n) is 2.31. The third-order valence-electron chi connectivity index (χ3n) is 3.59. The molecule has 0 fully saturated rings. The number of benzene rings is 2. The number of rotatable bonds is 5. The topological polar surface area (TPSA) is 85.1 Å². The molecule has 1 aromatic heterocycles. The third-order valence-corrected chi connectivity index (χ3v) is 4.25. The van der Waals surface area contributed by atoms with Gasteiger partial charge in [-0.2, -0.15) is 23.1 Å². The second-order valence-corrected chi connectivity index (χ2v) is 6.43. The molecule has 1 heterocycles. The van der Waals surface area contributed by atoms with E-state index in [-0.39, 0.29) is 11.4 Å². The van der Waals surface area contributed by atoms with Gasteiger partial charge in [0.05, 0.1) is 21.8 Å². The number of halogens is 5. The highest BCUT2D eigenvalue weighted by atomic mass is 35.5. The molecule has 3 aromatic rings. The molecule has 1 N–H and O–H groups in total. The maximum absolute atomic E-state index is 13.1. The van der Waals surface area contributed by atoms with Gasteiger partial charge in [-0.25, -0.2) is 5.43 Å². The van der Waals surface area contributed by atoms with Gasteiger partial charge in [0.1, 0.15) is 6.54 Å². The minimum atomic E-state index is -4.58. The maximum Gasteiger partial charge on any atom is 0.417 e. The molecule has 0 aliphatic heterocycles. The Bertz CT molecular complexity index is 1050. The SMILES string of the molecule is O=C(Cn1nnc(-c2ccccc2C(F)(F)F)n1)NN=Cc1c(Cl)cccc1Cl. The molecule has 0 unspecified atom stereocenters. The van der Waals surface area contributed by atoms with Crippen LogP contribution in [0.15, 0.2) is 47.6 Å². The Labute approximate surface area is 172 Å². The van der Waals surface area contributed by atoms with Crippen LogP contribution in [-0.4, -0.2) is 32.3 Å². The van der Waals surface area contributed by atoms with Crippen LogP contribution in [-0.2, 0) is 17.5 Å². The van der Waals surface area contributed by atoms with Crippen LogP contribution in [0.4, 0.5) is 13.2 Å². The highest BCUT2D eigenvalue weighted by Crippen LogP contribution is 2.35. The van der Waals surface area contributed by atoms with E-state index in [1.54, 1.807) is 18.2 Å². The lowest BCUT2D eigenvalue weighted by molar-refractivity contribution is -0.137. The van der Waals surface area contributed by atoms with Gasteiger partial charge in [-0.05, 0) is 23.4 Å². The van der Waals surface area contributed by atoms with Gasteiger partial charge in [-0.3, -0.25) is 4.79 Å². The van der Waals surface area contributed by atoms with Crippen molar-refractivity contribution >= 4 is 35.3 Å². The van der Waals surface area contributed by atoms with Crippen LogP contribution in [0.25, 0.3) is 11.4 Å². The number of hydrazone groups is 1. The van der Waals surface area contributed by atoms with Gasteiger partial charge in [0, 0.05) is 11.1 Å². The molecule has 29 heavy (non-hydrogen) atoms. The standard InChI is InChI=1S/C17H11Cl2F3N6O/c18-13-6-3-7-14(19)11(13)8-23-24-15(29)9-28-26-16(25-27-28)10-4-1-2-5-12(10)17(20,21)22/h1-8H,9H2,(H,24,29). The Morgan fingerprint density at radius 2 is 1.83 bits per heavy atom. The molecule has 150 valence electrons. The molecule has 3 rings (SSSR count). The van der Waals surface area contributed by atoms with E-state index in [0.717, 1.165) is 10.9 Å². The molecular weight excluding hydrogens is 432 g/mol. The van der Waals surface area contributed by atoms with Crippen molar-refractivity contribution in [2.24, 2.45) is 5.10 Å². The molecule has 2 aromatic carbocycles. The Morgan fingerprint density at radius 3 is 2.52 bits per heavy atom. The Kier molecular flexibility index (Phi) is 6.14. The molecule has 0 aliphatic rings. The number of tetrazole rings is 1. The highest BCUT2D eigenvalue weighted by Gasteiger charge is 2.34. The van der Waals surface area contributed by atoms with E-state index in [1.165, 1.54) is 24.4 Å². The van der Waals surface area contributed by atoms with E-state index >= 15 is 0 Å². The molecule has 0 atom stereocenters. The molecule has 0 saturated heterocycles. The summed E-state index contributed by atoms with van der Waals surface area (Å²) in [6.45, 7) is -0.408. The van der Waals surface area contributed by atoms with Crippen molar-refractivity contribution in [3.63, 3.8) is 0 Å². The van der Waals surface area contributed by atoms with Gasteiger partial charge >= 0.3 is 6.18 Å². The lowest BCUT2D eigenvalue weighted by Crippen LogP contribution is -2.24. The van der Waals surface area contributed by atoms with Crippen molar-refractivity contribution in [2.75, 3.05) is 0 Å². The summed E-state index contributed by atoms with van der Waals surface area (Å²) in [5.74, 6) is -0.880. The molecule has 0 spiro atoms. The number of carbonyl (C=O) groups is 1. The van der Waals surface area contributed by atoms with Crippen LogP contribution in [0.5, 0.6) is 0 Å². The number of nitrogens with one attached hydrogen (secondary N) is 1. The number of aromatic nitrogens is 4. The van der Waals surface area contributed by atoms with Gasteiger partial charge in [0.2, 0.25) is 5.82 Å². The van der Waals surface area contributed by atoms with E-state index in [4.69, 9.17) is 23.2 Å². The molecular formula is C17H11Cl2F3N6O. The number of nitrogens with zero attached hydrogens (tertiary/aromatic N) is 5. The fraction of sp³-hybridized carbons (Fsp3) is 0.118. The van der Waals surface area contributed by atoms with Gasteiger partial charge in [0.15, 0.2) is 0 Å². The predicted molar refractivity (Wildman–Crippen MR) is 100 cm³/mol. The van der Waals surface area contributed by atoms with Gasteiger partial charge in [-0.15, -0.1) is 10.2 Å². The quantitative estimate of drug-likeness (QED) is 0.480. The zero-order valence-electron chi connectivity index (χ0n) is 14.4. The Hall–Kier alpha value is -2.98. The number of hydrogen-bond donors (Lipinski definition) is 1. The van der Waals surface area contributed by atoms with Crippen LogP contribution in [0, 0.1) is 0 Å². The first-order valence-electron chi connectivity index (χ1n) is 7.96. The first-order valence-corrected chi connectivity index (χ1v) is 8.71. The lowest BCUT2D eigenvalue weighted by atomic mass is 10.1. The van der Waals surface area contributed by atoms with Crippen molar-refractivity contribution in [1.82, 2.24) is 25.6 Å². The maximum atomic E-state index is 13.1. The van der Waals surface area contributed by atoms with Crippen LogP contribution in [0.3, 0.4) is 0 Å². The number of carbonyl (C=O) groups excluding carboxylic acids is 1. The molecule has 0 bridgehead atoms. The average Bonchev–Trinajstić information content (AvgIpc) is 3.12. The third kappa shape index (κ3) is 5.09. The van der Waals surface area contributed by atoms with Crippen LogP contribution >= 0.6 is 23.2 Å². The number of amides is 1. The molecule has 0 saturated carbocycles. The molecule has 12 heteroatoms. The summed E-state index contributed by atoms with van der Waals surface area (Å²) in [6.07, 6.45) is -3.31. The lowest BCUT2D eigenvalue weighted by Gasteiger charge is -2.09. The Morgan fingerprint density at radius 1 is 1.14 bits per heavy atom. The van der Waals surface area contributed by atoms with Crippen LogP contribution < -0.4 is 5.43 Å². The van der Waals surface area contributed by atoms with Gasteiger partial charge in [0.25, 0.3) is 5.91 Å². The summed E-state index contributed by atoms with van der Waals surface area (Å²) < 4.78 is 39.3. The first kappa shape index (κ1) is 20.7. The molecule has 1 amide bonds. The van der Waals surface area contributed by atoms with Crippen molar-refractivity contribution in [3.05, 3.63) is 63.6 Å². The zero-order valence-corrected chi connectivity index (χ0v) is 15.9. The summed E-state index contributed by atoms with van der Waals surface area (Å²) >= 11 is 12.0. The van der Waals surface area contributed by atoms with E-state index < -0.39 is 24.2 Å². The van der Waals surface area contributed by atoms with E-state index in [0.29, 0.717) is 15.6 Å². The summed E-state index contributed by atoms with van der Waals surface area (Å²) in [5, 5.41) is 15.5. The van der Waals surface area contributed by atoms with Gasteiger partial charge < -0.3 is 0 Å². The van der Waals surface area contributed by atoms with E-state index in [9.17, 15) is 18.0 Å². The second-order valence-electron chi connectivity index (χ2n) is 5.62. The molecule has 0 aliphatic carbocycles. The van der Waals surface area contributed by atoms with Crippen molar-refractivity contribution in [2.45, 2.75) is 12.7 Å². The predicted octanol–water partition coefficient (Wildman–Crippen LogP) is 3.82. The number of alkyl halides is 3.